The van der Waals surface area contributed by atoms with Crippen LogP contribution in [0.4, 0.5) is 0 Å². The van der Waals surface area contributed by atoms with Gasteiger partial charge in [-0.3, -0.25) is 9.89 Å². The monoisotopic (exact) mass is 360 g/mol. The second-order valence-electron chi connectivity index (χ2n) is 7.25. The number of hydrogen-bond acceptors (Lipinski definition) is 5. The third kappa shape index (κ3) is 6.57. The first-order chi connectivity index (χ1) is 11.4. The quantitative estimate of drug-likeness (QED) is 0.510. The van der Waals surface area contributed by atoms with Crippen LogP contribution in [-0.2, 0) is 14.6 Å². The van der Waals surface area contributed by atoms with Crippen molar-refractivity contribution in [1.82, 2.24) is 15.5 Å². The molecule has 2 aliphatic heterocycles. The summed E-state index contributed by atoms with van der Waals surface area (Å²) in [5.74, 6) is 2.15. The fourth-order valence-corrected chi connectivity index (χ4v) is 5.15. The molecule has 0 saturated carbocycles. The lowest BCUT2D eigenvalue weighted by Gasteiger charge is -2.34. The Morgan fingerprint density at radius 1 is 1.33 bits per heavy atom. The maximum absolute atomic E-state index is 11.5. The van der Waals surface area contributed by atoms with Gasteiger partial charge in [-0.05, 0) is 18.3 Å². The molecule has 2 atom stereocenters. The number of nitrogens with zero attached hydrogens (tertiary/aromatic N) is 2. The number of nitrogens with one attached hydrogen (secondary N) is 2. The van der Waals surface area contributed by atoms with Gasteiger partial charge in [-0.2, -0.15) is 0 Å². The van der Waals surface area contributed by atoms with Gasteiger partial charge in [-0.1, -0.05) is 13.8 Å². The average molecular weight is 361 g/mol. The molecule has 2 rings (SSSR count). The zero-order valence-electron chi connectivity index (χ0n) is 15.1. The molecule has 2 N–H and O–H groups in total. The Bertz CT molecular complexity index is 521. The van der Waals surface area contributed by atoms with Crippen molar-refractivity contribution in [3.63, 3.8) is 0 Å². The summed E-state index contributed by atoms with van der Waals surface area (Å²) in [5, 5.41) is 6.53. The van der Waals surface area contributed by atoms with E-state index in [-0.39, 0.29) is 17.8 Å². The number of sulfone groups is 1. The van der Waals surface area contributed by atoms with Crippen molar-refractivity contribution in [2.75, 3.05) is 57.9 Å². The first-order valence-corrected chi connectivity index (χ1v) is 10.7. The number of guanidine groups is 1. The molecule has 2 saturated heterocycles. The lowest BCUT2D eigenvalue weighted by molar-refractivity contribution is -0.0284. The summed E-state index contributed by atoms with van der Waals surface area (Å²) in [6.45, 7) is 9.62. The minimum Gasteiger partial charge on any atom is -0.374 e. The maximum Gasteiger partial charge on any atom is 0.191 e. The molecule has 140 valence electrons. The lowest BCUT2D eigenvalue weighted by Crippen LogP contribution is -2.50. The van der Waals surface area contributed by atoms with Gasteiger partial charge in [0.15, 0.2) is 15.8 Å². The van der Waals surface area contributed by atoms with E-state index in [2.05, 4.69) is 34.4 Å². The van der Waals surface area contributed by atoms with Gasteiger partial charge in [0.05, 0.1) is 24.2 Å². The summed E-state index contributed by atoms with van der Waals surface area (Å²) in [6.07, 6.45) is 0.894. The van der Waals surface area contributed by atoms with Crippen molar-refractivity contribution < 1.29 is 13.2 Å². The Morgan fingerprint density at radius 2 is 2.08 bits per heavy atom. The summed E-state index contributed by atoms with van der Waals surface area (Å²) >= 11 is 0. The van der Waals surface area contributed by atoms with Crippen molar-refractivity contribution in [3.8, 4) is 0 Å². The minimum absolute atomic E-state index is 0.155. The first kappa shape index (κ1) is 19.5. The topological polar surface area (TPSA) is 83.0 Å². The van der Waals surface area contributed by atoms with Crippen LogP contribution in [0.1, 0.15) is 20.3 Å². The number of rotatable bonds is 6. The van der Waals surface area contributed by atoms with E-state index in [9.17, 15) is 8.42 Å². The van der Waals surface area contributed by atoms with E-state index in [1.807, 2.05) is 0 Å². The largest absolute Gasteiger partial charge is 0.374 e. The molecule has 2 fully saturated rings. The molecule has 2 aliphatic rings. The van der Waals surface area contributed by atoms with Crippen molar-refractivity contribution >= 4 is 15.8 Å². The molecular weight excluding hydrogens is 328 g/mol. The van der Waals surface area contributed by atoms with E-state index >= 15 is 0 Å². The van der Waals surface area contributed by atoms with Gasteiger partial charge < -0.3 is 15.4 Å². The van der Waals surface area contributed by atoms with E-state index in [4.69, 9.17) is 4.74 Å². The zero-order chi connectivity index (χ0) is 17.6. The molecule has 7 nitrogen and oxygen atoms in total. The predicted molar refractivity (Wildman–Crippen MR) is 97.1 cm³/mol. The molecule has 0 radical (unpaired) electrons. The van der Waals surface area contributed by atoms with Crippen LogP contribution in [0.25, 0.3) is 0 Å². The van der Waals surface area contributed by atoms with Crippen LogP contribution in [0.2, 0.25) is 0 Å². The maximum atomic E-state index is 11.5. The van der Waals surface area contributed by atoms with E-state index < -0.39 is 9.84 Å². The fourth-order valence-electron chi connectivity index (χ4n) is 3.29. The Labute approximate surface area is 146 Å². The molecule has 2 unspecified atom stereocenters. The molecular formula is C16H32N4O3S. The number of morpholine rings is 1. The van der Waals surface area contributed by atoms with Crippen LogP contribution in [-0.4, -0.2) is 83.3 Å². The highest BCUT2D eigenvalue weighted by molar-refractivity contribution is 7.91. The third-order valence-corrected chi connectivity index (χ3v) is 6.29. The minimum atomic E-state index is -2.82. The Hall–Kier alpha value is -0.860. The van der Waals surface area contributed by atoms with Gasteiger partial charge in [-0.15, -0.1) is 0 Å². The second kappa shape index (κ2) is 9.01. The van der Waals surface area contributed by atoms with Gasteiger partial charge in [0.2, 0.25) is 0 Å². The molecule has 0 spiro atoms. The summed E-state index contributed by atoms with van der Waals surface area (Å²) in [5.41, 5.74) is 0. The summed E-state index contributed by atoms with van der Waals surface area (Å²) in [7, 11) is -1.09. The van der Waals surface area contributed by atoms with Gasteiger partial charge in [0.1, 0.15) is 0 Å². The third-order valence-electron chi connectivity index (χ3n) is 4.45. The Morgan fingerprint density at radius 3 is 2.71 bits per heavy atom. The van der Waals surface area contributed by atoms with Gasteiger partial charge in [0.25, 0.3) is 0 Å². The summed E-state index contributed by atoms with van der Waals surface area (Å²) in [6, 6.07) is 0. The number of aliphatic imine (C=N–C) groups is 1. The highest BCUT2D eigenvalue weighted by atomic mass is 32.2. The van der Waals surface area contributed by atoms with E-state index in [0.29, 0.717) is 30.7 Å². The molecule has 0 aromatic heterocycles. The Kier molecular flexibility index (Phi) is 7.31. The molecule has 0 bridgehead atoms. The van der Waals surface area contributed by atoms with Crippen LogP contribution in [0.15, 0.2) is 4.99 Å². The van der Waals surface area contributed by atoms with Crippen LogP contribution in [0.3, 0.4) is 0 Å². The molecule has 8 heteroatoms. The number of hydrogen-bond donors (Lipinski definition) is 2. The van der Waals surface area contributed by atoms with Crippen LogP contribution >= 0.6 is 0 Å². The molecule has 0 aliphatic carbocycles. The highest BCUT2D eigenvalue weighted by Gasteiger charge is 2.28. The van der Waals surface area contributed by atoms with Crippen LogP contribution in [0, 0.1) is 11.8 Å². The predicted octanol–water partition coefficient (Wildman–Crippen LogP) is -0.0571. The van der Waals surface area contributed by atoms with Crippen molar-refractivity contribution in [3.05, 3.63) is 0 Å². The molecule has 0 aromatic rings. The van der Waals surface area contributed by atoms with Crippen molar-refractivity contribution in [1.29, 1.82) is 0 Å². The van der Waals surface area contributed by atoms with Gasteiger partial charge in [-0.25, -0.2) is 8.42 Å². The average Bonchev–Trinajstić information content (AvgIpc) is 2.86. The molecule has 0 aromatic carbocycles. The molecule has 24 heavy (non-hydrogen) atoms. The number of ether oxygens (including phenoxy) is 1. The SMILES string of the molecule is CN=C(NCC1CCS(=O)(=O)C1)NCC1CN(CC(C)C)CCO1. The zero-order valence-corrected chi connectivity index (χ0v) is 15.9. The Balaban J connectivity index is 1.69. The molecule has 2 heterocycles. The van der Waals surface area contributed by atoms with E-state index in [1.165, 1.54) is 0 Å². The van der Waals surface area contributed by atoms with Crippen molar-refractivity contribution in [2.45, 2.75) is 26.4 Å². The molecule has 0 amide bonds. The van der Waals surface area contributed by atoms with E-state index in [1.54, 1.807) is 7.05 Å². The fraction of sp³-hybridized carbons (Fsp3) is 0.938. The smallest absolute Gasteiger partial charge is 0.191 e. The summed E-state index contributed by atoms with van der Waals surface area (Å²) in [4.78, 5) is 6.66. The second-order valence-corrected chi connectivity index (χ2v) is 9.48. The van der Waals surface area contributed by atoms with Crippen LogP contribution in [0.5, 0.6) is 0 Å². The lowest BCUT2D eigenvalue weighted by atomic mass is 10.1. The van der Waals surface area contributed by atoms with Crippen molar-refractivity contribution in [2.24, 2.45) is 16.8 Å². The van der Waals surface area contributed by atoms with Crippen LogP contribution < -0.4 is 10.6 Å². The summed E-state index contributed by atoms with van der Waals surface area (Å²) < 4.78 is 28.8. The first-order valence-electron chi connectivity index (χ1n) is 8.87. The van der Waals surface area contributed by atoms with Gasteiger partial charge in [0, 0.05) is 39.8 Å². The van der Waals surface area contributed by atoms with Gasteiger partial charge >= 0.3 is 0 Å². The normalized spacial score (nSPS) is 28.2. The van der Waals surface area contributed by atoms with E-state index in [0.717, 1.165) is 32.7 Å². The highest BCUT2D eigenvalue weighted by Crippen LogP contribution is 2.17. The standard InChI is InChI=1S/C16H32N4O3S/c1-13(2)10-20-5-6-23-15(11-20)9-19-16(17-3)18-8-14-4-7-24(21,22)12-14/h13-15H,4-12H2,1-3H3,(H2,17,18,19).